The zero-order chi connectivity index (χ0) is 17.4. The van der Waals surface area contributed by atoms with E-state index in [9.17, 15) is 9.59 Å². The third-order valence-corrected chi connectivity index (χ3v) is 5.91. The molecule has 3 fully saturated rings. The van der Waals surface area contributed by atoms with Gasteiger partial charge in [0.2, 0.25) is 5.91 Å². The highest BCUT2D eigenvalue weighted by molar-refractivity contribution is 5.98. The van der Waals surface area contributed by atoms with Gasteiger partial charge in [-0.2, -0.15) is 0 Å². The maximum absolute atomic E-state index is 12.5. The van der Waals surface area contributed by atoms with Crippen LogP contribution in [0, 0.1) is 17.8 Å². The maximum Gasteiger partial charge on any atom is 0.258 e. The number of rotatable bonds is 4. The second kappa shape index (κ2) is 6.33. The van der Waals surface area contributed by atoms with Gasteiger partial charge in [0, 0.05) is 31.9 Å². The van der Waals surface area contributed by atoms with E-state index in [0.29, 0.717) is 30.9 Å². The minimum Gasteiger partial charge on any atom is -0.467 e. The molecule has 0 radical (unpaired) electrons. The Morgan fingerprint density at radius 1 is 1.40 bits per heavy atom. The van der Waals surface area contributed by atoms with E-state index in [2.05, 4.69) is 10.6 Å². The molecular formula is C19H24N2O4. The average molecular weight is 344 g/mol. The van der Waals surface area contributed by atoms with E-state index in [1.807, 2.05) is 18.2 Å². The molecule has 3 saturated carbocycles. The number of fused-ring (bicyclic) bond motifs is 3. The van der Waals surface area contributed by atoms with Crippen molar-refractivity contribution in [3.8, 4) is 5.75 Å². The Bertz CT molecular complexity index is 692. The molecule has 25 heavy (non-hydrogen) atoms. The normalized spacial score (nSPS) is 32.7. The van der Waals surface area contributed by atoms with Crippen LogP contribution in [-0.4, -0.2) is 37.8 Å². The quantitative estimate of drug-likeness (QED) is 0.815. The Hall–Kier alpha value is -2.08. The van der Waals surface area contributed by atoms with Crippen LogP contribution in [-0.2, 0) is 9.53 Å². The number of benzene rings is 1. The van der Waals surface area contributed by atoms with Crippen molar-refractivity contribution in [1.82, 2.24) is 10.6 Å². The maximum atomic E-state index is 12.5. The average Bonchev–Trinajstić information content (AvgIpc) is 2.62. The van der Waals surface area contributed by atoms with Crippen molar-refractivity contribution in [2.24, 2.45) is 17.8 Å². The van der Waals surface area contributed by atoms with E-state index < -0.39 is 5.72 Å². The number of nitrogens with one attached hydrogen (secondary N) is 2. The fourth-order valence-electron chi connectivity index (χ4n) is 4.69. The molecular weight excluding hydrogens is 320 g/mol. The van der Waals surface area contributed by atoms with Gasteiger partial charge in [-0.15, -0.1) is 0 Å². The van der Waals surface area contributed by atoms with Gasteiger partial charge >= 0.3 is 0 Å². The Balaban J connectivity index is 1.51. The van der Waals surface area contributed by atoms with Crippen molar-refractivity contribution in [3.05, 3.63) is 29.8 Å². The third kappa shape index (κ3) is 2.78. The predicted molar refractivity (Wildman–Crippen MR) is 91.1 cm³/mol. The van der Waals surface area contributed by atoms with Crippen molar-refractivity contribution in [2.75, 3.05) is 20.3 Å². The van der Waals surface area contributed by atoms with Gasteiger partial charge in [0.25, 0.3) is 5.91 Å². The summed E-state index contributed by atoms with van der Waals surface area (Å²) in [6.45, 7) is 1.06. The highest BCUT2D eigenvalue weighted by Gasteiger charge is 2.57. The Morgan fingerprint density at radius 3 is 3.00 bits per heavy atom. The SMILES string of the molecule is COCCNC(=O)[C@H]1C[C@@H]2CC[C@@H]1C[C@@]21NC(=O)c2ccccc2O1. The van der Waals surface area contributed by atoms with E-state index in [0.717, 1.165) is 19.3 Å². The molecule has 6 nitrogen and oxygen atoms in total. The van der Waals surface area contributed by atoms with Gasteiger partial charge in [0.1, 0.15) is 5.75 Å². The number of hydrogen-bond acceptors (Lipinski definition) is 4. The summed E-state index contributed by atoms with van der Waals surface area (Å²) in [5, 5.41) is 6.08. The van der Waals surface area contributed by atoms with Gasteiger partial charge in [-0.25, -0.2) is 0 Å². The lowest BCUT2D eigenvalue weighted by molar-refractivity contribution is -0.146. The van der Waals surface area contributed by atoms with Crippen LogP contribution in [0.25, 0.3) is 0 Å². The summed E-state index contributed by atoms with van der Waals surface area (Å²) in [6.07, 6.45) is 3.44. The lowest BCUT2D eigenvalue weighted by Gasteiger charge is -2.55. The van der Waals surface area contributed by atoms with Crippen LogP contribution in [0.1, 0.15) is 36.0 Å². The fraction of sp³-hybridized carbons (Fsp3) is 0.579. The van der Waals surface area contributed by atoms with Crippen LogP contribution in [0.5, 0.6) is 5.75 Å². The summed E-state index contributed by atoms with van der Waals surface area (Å²) in [5.74, 6) is 1.07. The molecule has 0 unspecified atom stereocenters. The predicted octanol–water partition coefficient (Wildman–Crippen LogP) is 1.70. The monoisotopic (exact) mass is 344 g/mol. The first-order valence-electron chi connectivity index (χ1n) is 9.00. The zero-order valence-corrected chi connectivity index (χ0v) is 14.4. The van der Waals surface area contributed by atoms with Gasteiger partial charge in [-0.05, 0) is 37.3 Å². The van der Waals surface area contributed by atoms with Crippen LogP contribution < -0.4 is 15.4 Å². The largest absolute Gasteiger partial charge is 0.467 e. The summed E-state index contributed by atoms with van der Waals surface area (Å²) < 4.78 is 11.3. The molecule has 2 N–H and O–H groups in total. The highest BCUT2D eigenvalue weighted by Crippen LogP contribution is 2.52. The molecule has 1 aliphatic heterocycles. The first-order valence-corrected chi connectivity index (χ1v) is 9.00. The van der Waals surface area contributed by atoms with Crippen molar-refractivity contribution in [1.29, 1.82) is 0 Å². The zero-order valence-electron chi connectivity index (χ0n) is 14.4. The number of hydrogen-bond donors (Lipinski definition) is 2. The minimum absolute atomic E-state index is 0.00102. The standard InChI is InChI=1S/C19H24N2O4/c1-24-9-8-20-17(22)15-10-13-7-6-12(15)11-19(13)21-18(23)14-4-2-3-5-16(14)25-19/h2-5,12-13,15H,6-11H2,1H3,(H,20,22)(H,21,23)/t12-,13+,15+,19+/m1/s1. The molecule has 4 aliphatic rings. The van der Waals surface area contributed by atoms with Crippen molar-refractivity contribution in [2.45, 2.75) is 31.4 Å². The van der Waals surface area contributed by atoms with Crippen molar-refractivity contribution >= 4 is 11.8 Å². The lowest BCUT2D eigenvalue weighted by Crippen LogP contribution is -2.67. The molecule has 4 atom stereocenters. The molecule has 134 valence electrons. The summed E-state index contributed by atoms with van der Waals surface area (Å²) in [6, 6.07) is 7.36. The van der Waals surface area contributed by atoms with Crippen LogP contribution >= 0.6 is 0 Å². The summed E-state index contributed by atoms with van der Waals surface area (Å²) in [7, 11) is 1.62. The molecule has 5 rings (SSSR count). The fourth-order valence-corrected chi connectivity index (χ4v) is 4.69. The van der Waals surface area contributed by atoms with Crippen molar-refractivity contribution < 1.29 is 19.1 Å². The summed E-state index contributed by atoms with van der Waals surface area (Å²) in [5.41, 5.74) is -0.0686. The number of para-hydroxylation sites is 1. The molecule has 0 saturated heterocycles. The number of carbonyl (C=O) groups excluding carboxylic acids is 2. The molecule has 2 bridgehead atoms. The Labute approximate surface area is 147 Å². The molecule has 0 aromatic heterocycles. The molecule has 3 aliphatic carbocycles. The number of amides is 2. The Kier molecular flexibility index (Phi) is 4.15. The smallest absolute Gasteiger partial charge is 0.258 e. The molecule has 1 aromatic rings. The van der Waals surface area contributed by atoms with Crippen molar-refractivity contribution in [3.63, 3.8) is 0 Å². The van der Waals surface area contributed by atoms with Gasteiger partial charge in [0.15, 0.2) is 5.72 Å². The van der Waals surface area contributed by atoms with E-state index in [4.69, 9.17) is 9.47 Å². The lowest BCUT2D eigenvalue weighted by atomic mass is 9.60. The summed E-state index contributed by atoms with van der Waals surface area (Å²) >= 11 is 0. The first-order chi connectivity index (χ1) is 12.1. The number of methoxy groups -OCH3 is 1. The van der Waals surface area contributed by atoms with Crippen LogP contribution in [0.2, 0.25) is 0 Å². The van der Waals surface area contributed by atoms with E-state index in [1.54, 1.807) is 13.2 Å². The highest BCUT2D eigenvalue weighted by atomic mass is 16.5. The van der Waals surface area contributed by atoms with Crippen LogP contribution in [0.15, 0.2) is 24.3 Å². The third-order valence-electron chi connectivity index (χ3n) is 5.91. The molecule has 2 amide bonds. The van der Waals surface area contributed by atoms with E-state index in [1.165, 1.54) is 0 Å². The minimum atomic E-state index is -0.655. The van der Waals surface area contributed by atoms with Gasteiger partial charge in [0.05, 0.1) is 12.2 Å². The second-order valence-corrected chi connectivity index (χ2v) is 7.31. The van der Waals surface area contributed by atoms with Crippen LogP contribution in [0.4, 0.5) is 0 Å². The van der Waals surface area contributed by atoms with Crippen LogP contribution in [0.3, 0.4) is 0 Å². The first kappa shape index (κ1) is 16.4. The van der Waals surface area contributed by atoms with Gasteiger partial charge < -0.3 is 20.1 Å². The topological polar surface area (TPSA) is 76.7 Å². The second-order valence-electron chi connectivity index (χ2n) is 7.31. The number of carbonyl (C=O) groups is 2. The van der Waals surface area contributed by atoms with Gasteiger partial charge in [-0.1, -0.05) is 12.1 Å². The molecule has 6 heteroatoms. The Morgan fingerprint density at radius 2 is 2.24 bits per heavy atom. The summed E-state index contributed by atoms with van der Waals surface area (Å²) in [4.78, 5) is 25.0. The molecule has 1 heterocycles. The van der Waals surface area contributed by atoms with E-state index >= 15 is 0 Å². The molecule has 1 spiro atoms. The number of ether oxygens (including phenoxy) is 2. The van der Waals surface area contributed by atoms with Gasteiger partial charge in [-0.3, -0.25) is 9.59 Å². The van der Waals surface area contributed by atoms with E-state index in [-0.39, 0.29) is 29.6 Å². The molecule has 1 aromatic carbocycles.